The number of halogens is 1. The van der Waals surface area contributed by atoms with Gasteiger partial charge >= 0.3 is 0 Å². The summed E-state index contributed by atoms with van der Waals surface area (Å²) in [7, 11) is 3.14. The molecule has 0 saturated heterocycles. The summed E-state index contributed by atoms with van der Waals surface area (Å²) in [6.07, 6.45) is 1.61. The fourth-order valence-corrected chi connectivity index (χ4v) is 3.27. The van der Waals surface area contributed by atoms with Crippen molar-refractivity contribution in [3.8, 4) is 0 Å². The predicted molar refractivity (Wildman–Crippen MR) is 108 cm³/mol. The number of benzene rings is 1. The molecule has 1 aromatic carbocycles. The summed E-state index contributed by atoms with van der Waals surface area (Å²) < 4.78 is 23.8. The zero-order valence-electron chi connectivity index (χ0n) is 17.0. The maximum Gasteiger partial charge on any atom is 0.278 e. The van der Waals surface area contributed by atoms with Gasteiger partial charge in [0, 0.05) is 33.5 Å². The SMILES string of the molecule is COCCN(CCOC)C1=C(c2ccc(F)cc2)C(=O)N(Cc2ccccn2)C1=O. The van der Waals surface area contributed by atoms with E-state index in [9.17, 15) is 14.0 Å². The first kappa shape index (κ1) is 21.6. The van der Waals surface area contributed by atoms with Crippen molar-refractivity contribution in [2.24, 2.45) is 0 Å². The second-order valence-corrected chi connectivity index (χ2v) is 6.72. The fraction of sp³-hybridized carbons (Fsp3) is 0.318. The van der Waals surface area contributed by atoms with Gasteiger partial charge in [0.2, 0.25) is 0 Å². The fourth-order valence-electron chi connectivity index (χ4n) is 3.27. The molecule has 0 atom stereocenters. The topological polar surface area (TPSA) is 72.0 Å². The summed E-state index contributed by atoms with van der Waals surface area (Å²) in [6, 6.07) is 10.9. The minimum absolute atomic E-state index is 0.0507. The minimum atomic E-state index is -0.438. The van der Waals surface area contributed by atoms with Crippen LogP contribution in [-0.2, 0) is 25.6 Å². The molecule has 0 fully saturated rings. The van der Waals surface area contributed by atoms with Gasteiger partial charge in [0.25, 0.3) is 11.8 Å². The smallest absolute Gasteiger partial charge is 0.278 e. The molecule has 1 aliphatic rings. The maximum atomic E-state index is 13.5. The van der Waals surface area contributed by atoms with Crippen LogP contribution in [0.4, 0.5) is 4.39 Å². The number of carbonyl (C=O) groups excluding carboxylic acids is 2. The average molecular weight is 413 g/mol. The number of hydrogen-bond acceptors (Lipinski definition) is 6. The summed E-state index contributed by atoms with van der Waals surface area (Å²) in [4.78, 5) is 33.8. The van der Waals surface area contributed by atoms with Gasteiger partial charge in [-0.05, 0) is 29.8 Å². The molecule has 158 valence electrons. The third kappa shape index (κ3) is 4.72. The Bertz CT molecular complexity index is 908. The Morgan fingerprint density at radius 2 is 1.63 bits per heavy atom. The highest BCUT2D eigenvalue weighted by molar-refractivity contribution is 6.35. The number of pyridine rings is 1. The molecule has 2 aromatic rings. The molecule has 0 spiro atoms. The minimum Gasteiger partial charge on any atom is -0.383 e. The standard InChI is InChI=1S/C22H24FN3O4/c1-29-13-11-25(12-14-30-2)20-19(16-6-8-17(23)9-7-16)21(27)26(22(20)28)15-18-5-3-4-10-24-18/h3-10H,11-15H2,1-2H3. The largest absolute Gasteiger partial charge is 0.383 e. The molecule has 30 heavy (non-hydrogen) atoms. The van der Waals surface area contributed by atoms with Crippen LogP contribution in [0.5, 0.6) is 0 Å². The van der Waals surface area contributed by atoms with E-state index >= 15 is 0 Å². The molecule has 0 aliphatic carbocycles. The van der Waals surface area contributed by atoms with Gasteiger partial charge in [0.15, 0.2) is 0 Å². The lowest BCUT2D eigenvalue weighted by Crippen LogP contribution is -2.37. The number of imide groups is 1. The molecule has 2 heterocycles. The molecule has 2 amide bonds. The van der Waals surface area contributed by atoms with Crippen molar-refractivity contribution in [1.82, 2.24) is 14.8 Å². The number of ether oxygens (including phenoxy) is 2. The number of aromatic nitrogens is 1. The van der Waals surface area contributed by atoms with Gasteiger partial charge in [-0.15, -0.1) is 0 Å². The van der Waals surface area contributed by atoms with E-state index in [1.165, 1.54) is 29.2 Å². The van der Waals surface area contributed by atoms with E-state index in [1.54, 1.807) is 43.5 Å². The number of methoxy groups -OCH3 is 2. The summed E-state index contributed by atoms with van der Waals surface area (Å²) in [5.74, 6) is -1.28. The molecule has 8 heteroatoms. The van der Waals surface area contributed by atoms with Gasteiger partial charge in [-0.25, -0.2) is 4.39 Å². The third-order valence-corrected chi connectivity index (χ3v) is 4.77. The monoisotopic (exact) mass is 413 g/mol. The van der Waals surface area contributed by atoms with Crippen LogP contribution in [0.25, 0.3) is 5.57 Å². The van der Waals surface area contributed by atoms with E-state index in [2.05, 4.69) is 4.98 Å². The van der Waals surface area contributed by atoms with Crippen LogP contribution in [0.3, 0.4) is 0 Å². The quantitative estimate of drug-likeness (QED) is 0.556. The maximum absolute atomic E-state index is 13.5. The average Bonchev–Trinajstić information content (AvgIpc) is 3.00. The summed E-state index contributed by atoms with van der Waals surface area (Å²) >= 11 is 0. The Labute approximate surface area is 174 Å². The first-order valence-electron chi connectivity index (χ1n) is 9.56. The Morgan fingerprint density at radius 3 is 2.20 bits per heavy atom. The molecule has 7 nitrogen and oxygen atoms in total. The van der Waals surface area contributed by atoms with Crippen molar-refractivity contribution in [1.29, 1.82) is 0 Å². The number of hydrogen-bond donors (Lipinski definition) is 0. The van der Waals surface area contributed by atoms with Crippen molar-refractivity contribution in [3.05, 3.63) is 71.4 Å². The number of carbonyl (C=O) groups is 2. The second-order valence-electron chi connectivity index (χ2n) is 6.72. The van der Waals surface area contributed by atoms with Crippen molar-refractivity contribution >= 4 is 17.4 Å². The summed E-state index contributed by atoms with van der Waals surface area (Å²) in [5, 5.41) is 0. The Morgan fingerprint density at radius 1 is 0.967 bits per heavy atom. The van der Waals surface area contributed by atoms with Crippen LogP contribution in [0, 0.1) is 5.82 Å². The zero-order valence-corrected chi connectivity index (χ0v) is 17.0. The lowest BCUT2D eigenvalue weighted by Gasteiger charge is -2.25. The van der Waals surface area contributed by atoms with Gasteiger partial charge in [-0.3, -0.25) is 19.5 Å². The van der Waals surface area contributed by atoms with E-state index < -0.39 is 17.6 Å². The van der Waals surface area contributed by atoms with Gasteiger partial charge in [-0.1, -0.05) is 18.2 Å². The Balaban J connectivity index is 2.03. The van der Waals surface area contributed by atoms with Crippen molar-refractivity contribution in [3.63, 3.8) is 0 Å². The van der Waals surface area contributed by atoms with Crippen LogP contribution in [0.2, 0.25) is 0 Å². The Kier molecular flexibility index (Phi) is 7.26. The predicted octanol–water partition coefficient (Wildman–Crippen LogP) is 2.10. The first-order chi connectivity index (χ1) is 14.6. The van der Waals surface area contributed by atoms with Crippen molar-refractivity contribution in [2.75, 3.05) is 40.5 Å². The lowest BCUT2D eigenvalue weighted by atomic mass is 10.0. The highest BCUT2D eigenvalue weighted by Crippen LogP contribution is 2.32. The van der Waals surface area contributed by atoms with E-state index in [0.29, 0.717) is 37.6 Å². The van der Waals surface area contributed by atoms with E-state index in [-0.39, 0.29) is 17.8 Å². The molecular formula is C22H24FN3O4. The van der Waals surface area contributed by atoms with E-state index in [1.807, 2.05) is 0 Å². The molecule has 1 aromatic heterocycles. The van der Waals surface area contributed by atoms with E-state index in [4.69, 9.17) is 9.47 Å². The van der Waals surface area contributed by atoms with Gasteiger partial charge < -0.3 is 14.4 Å². The molecule has 0 N–H and O–H groups in total. The number of rotatable bonds is 10. The first-order valence-corrected chi connectivity index (χ1v) is 9.56. The van der Waals surface area contributed by atoms with Crippen LogP contribution < -0.4 is 0 Å². The number of amides is 2. The van der Waals surface area contributed by atoms with Gasteiger partial charge in [0.1, 0.15) is 11.5 Å². The normalized spacial score (nSPS) is 14.0. The highest BCUT2D eigenvalue weighted by Gasteiger charge is 2.41. The molecule has 0 bridgehead atoms. The second kappa shape index (κ2) is 10.1. The molecule has 1 aliphatic heterocycles. The summed E-state index contributed by atoms with van der Waals surface area (Å²) in [5.41, 5.74) is 1.58. The van der Waals surface area contributed by atoms with E-state index in [0.717, 1.165) is 0 Å². The summed E-state index contributed by atoms with van der Waals surface area (Å²) in [6.45, 7) is 1.58. The molecule has 0 unspecified atom stereocenters. The van der Waals surface area contributed by atoms with Crippen molar-refractivity contribution < 1.29 is 23.5 Å². The van der Waals surface area contributed by atoms with Crippen molar-refractivity contribution in [2.45, 2.75) is 6.54 Å². The van der Waals surface area contributed by atoms with Crippen LogP contribution in [-0.4, -0.2) is 67.1 Å². The lowest BCUT2D eigenvalue weighted by molar-refractivity contribution is -0.138. The highest BCUT2D eigenvalue weighted by atomic mass is 19.1. The van der Waals surface area contributed by atoms with Gasteiger partial charge in [-0.2, -0.15) is 0 Å². The molecular weight excluding hydrogens is 389 g/mol. The van der Waals surface area contributed by atoms with Crippen LogP contribution in [0.15, 0.2) is 54.4 Å². The molecule has 3 rings (SSSR count). The third-order valence-electron chi connectivity index (χ3n) is 4.77. The zero-order chi connectivity index (χ0) is 21.5. The van der Waals surface area contributed by atoms with Crippen LogP contribution in [0.1, 0.15) is 11.3 Å². The Hall–Kier alpha value is -3.10. The molecule has 0 saturated carbocycles. The van der Waals surface area contributed by atoms with Crippen LogP contribution >= 0.6 is 0 Å². The van der Waals surface area contributed by atoms with Gasteiger partial charge in [0.05, 0.1) is 31.0 Å². The molecule has 0 radical (unpaired) electrons. The number of nitrogens with zero attached hydrogens (tertiary/aromatic N) is 3.